The molecule has 2 saturated heterocycles. The van der Waals surface area contributed by atoms with Crippen molar-refractivity contribution in [2.45, 2.75) is 101 Å². The third kappa shape index (κ3) is 13.8. The average molecular weight is 918 g/mol. The van der Waals surface area contributed by atoms with Gasteiger partial charge in [-0.05, 0) is 38.9 Å². The molecule has 10 atom stereocenters. The largest absolute Gasteiger partial charge is 0.374 e. The van der Waals surface area contributed by atoms with Crippen molar-refractivity contribution in [1.29, 1.82) is 0 Å². The summed E-state index contributed by atoms with van der Waals surface area (Å²) in [6.07, 6.45) is -2.85. The van der Waals surface area contributed by atoms with Crippen LogP contribution < -0.4 is 0 Å². The second kappa shape index (κ2) is 26.0. The Morgan fingerprint density at radius 1 is 0.441 bits per heavy atom. The summed E-state index contributed by atoms with van der Waals surface area (Å²) in [5.41, 5.74) is 16.1. The maximum absolute atomic E-state index is 10.2. The lowest BCUT2D eigenvalue weighted by Gasteiger charge is -2.46. The number of rotatable bonds is 23. The first kappa shape index (κ1) is 48.5. The number of hydrogen-bond acceptors (Lipinski definition) is 10. The highest BCUT2D eigenvalue weighted by molar-refractivity contribution is 5.19. The van der Waals surface area contributed by atoms with Gasteiger partial charge >= 0.3 is 0 Å². The highest BCUT2D eigenvalue weighted by atomic mass is 16.7. The zero-order chi connectivity index (χ0) is 46.6. The molecular weight excluding hydrogens is 859 g/mol. The minimum Gasteiger partial charge on any atom is -0.374 e. The molecule has 2 aliphatic rings. The van der Waals surface area contributed by atoms with Gasteiger partial charge in [0.15, 0.2) is 6.29 Å². The average Bonchev–Trinajstić information content (AvgIpc) is 3.40. The van der Waals surface area contributed by atoms with Gasteiger partial charge in [0.1, 0.15) is 36.6 Å². The van der Waals surface area contributed by atoms with Crippen LogP contribution in [0, 0.1) is 0 Å². The Labute approximate surface area is 398 Å². The van der Waals surface area contributed by atoms with Crippen molar-refractivity contribution in [2.75, 3.05) is 13.7 Å². The molecule has 2 aliphatic heterocycles. The lowest BCUT2D eigenvalue weighted by atomic mass is 9.91. The van der Waals surface area contributed by atoms with Gasteiger partial charge in [0, 0.05) is 12.0 Å². The van der Waals surface area contributed by atoms with E-state index in [1.807, 2.05) is 194 Å². The molecule has 12 nitrogen and oxygen atoms in total. The fraction of sp³-hybridized carbons (Fsp3) is 0.321. The van der Waals surface area contributed by atoms with Crippen LogP contribution in [0.2, 0.25) is 0 Å². The van der Waals surface area contributed by atoms with Crippen LogP contribution in [0.1, 0.15) is 33.4 Å². The molecule has 0 bridgehead atoms. The molecular formula is C56H59N3O9. The zero-order valence-electron chi connectivity index (χ0n) is 38.2. The highest BCUT2D eigenvalue weighted by Gasteiger charge is 2.50. The van der Waals surface area contributed by atoms with Crippen LogP contribution in [0.15, 0.2) is 199 Å². The third-order valence-electron chi connectivity index (χ3n) is 12.0. The standard InChI is InChI=1S/C56H59N3O9/c1-60-56-55(66-39-46-30-18-7-19-31-46)54(65-38-45-28-16-6-17-29-45)51(62-35-42-22-10-3-11-23-42)48(68-56)33-32-47-50(58-59-57)53(64-37-44-26-14-5-15-27-44)52(63-36-43-24-12-4-13-25-43)49(67-47)40-61-34-41-20-8-2-9-21-41/h2-33,47-56H,34-40H2,1H3/t47-,48+,49+,50-,51+,52-,53+,54-,55+,56-/m0/s1. The van der Waals surface area contributed by atoms with Gasteiger partial charge in [-0.15, -0.1) is 0 Å². The van der Waals surface area contributed by atoms with Gasteiger partial charge in [0.25, 0.3) is 0 Å². The molecule has 2 fully saturated rings. The predicted molar refractivity (Wildman–Crippen MR) is 258 cm³/mol. The van der Waals surface area contributed by atoms with E-state index in [1.165, 1.54) is 0 Å². The normalized spacial score (nSPS) is 24.9. The van der Waals surface area contributed by atoms with E-state index < -0.39 is 61.2 Å². The maximum atomic E-state index is 10.2. The minimum atomic E-state index is -0.872. The Bertz CT molecular complexity index is 2420. The summed E-state index contributed by atoms with van der Waals surface area (Å²) in [5.74, 6) is 0. The maximum Gasteiger partial charge on any atom is 0.186 e. The molecule has 0 saturated carbocycles. The Morgan fingerprint density at radius 2 is 0.809 bits per heavy atom. The topological polar surface area (TPSA) is 132 Å². The van der Waals surface area contributed by atoms with Gasteiger partial charge in [0.2, 0.25) is 0 Å². The molecule has 0 radical (unpaired) electrons. The van der Waals surface area contributed by atoms with E-state index in [0.29, 0.717) is 13.2 Å². The SMILES string of the molecule is CO[C@H]1O[C@H](C=C[C@@H]2O[C@H](COCc3ccccc3)[C@H](OCc3ccccc3)[C@H](OCc3ccccc3)[C@H]2N=[N+]=[N-])[C@@H](OCc2ccccc2)[C@H](OCc2ccccc2)[C@H]1OCc1ccccc1. The second-order valence-electron chi connectivity index (χ2n) is 16.7. The van der Waals surface area contributed by atoms with Crippen molar-refractivity contribution in [1.82, 2.24) is 0 Å². The quantitative estimate of drug-likeness (QED) is 0.0267. The molecule has 0 unspecified atom stereocenters. The molecule has 0 N–H and O–H groups in total. The Kier molecular flexibility index (Phi) is 18.5. The first-order valence-corrected chi connectivity index (χ1v) is 23.1. The monoisotopic (exact) mass is 917 g/mol. The van der Waals surface area contributed by atoms with Crippen LogP contribution in [0.4, 0.5) is 0 Å². The molecule has 0 amide bonds. The lowest BCUT2D eigenvalue weighted by Crippen LogP contribution is -2.60. The highest BCUT2D eigenvalue weighted by Crippen LogP contribution is 2.35. The van der Waals surface area contributed by atoms with Gasteiger partial charge in [0.05, 0.1) is 64.5 Å². The van der Waals surface area contributed by atoms with Crippen molar-refractivity contribution in [3.05, 3.63) is 238 Å². The first-order chi connectivity index (χ1) is 33.6. The molecule has 6 aromatic rings. The van der Waals surface area contributed by atoms with Crippen LogP contribution >= 0.6 is 0 Å². The molecule has 6 aromatic carbocycles. The number of ether oxygens (including phenoxy) is 9. The molecule has 0 aromatic heterocycles. The Hall–Kier alpha value is -5.99. The van der Waals surface area contributed by atoms with Crippen LogP contribution in [0.25, 0.3) is 10.4 Å². The van der Waals surface area contributed by atoms with Gasteiger partial charge in [-0.3, -0.25) is 0 Å². The van der Waals surface area contributed by atoms with Gasteiger partial charge in [-0.1, -0.05) is 199 Å². The van der Waals surface area contributed by atoms with E-state index in [2.05, 4.69) is 10.0 Å². The van der Waals surface area contributed by atoms with Crippen molar-refractivity contribution >= 4 is 0 Å². The third-order valence-corrected chi connectivity index (χ3v) is 12.0. The van der Waals surface area contributed by atoms with Crippen LogP contribution in [-0.2, 0) is 82.3 Å². The predicted octanol–water partition coefficient (Wildman–Crippen LogP) is 10.5. The number of nitrogens with zero attached hydrogens (tertiary/aromatic N) is 3. The van der Waals surface area contributed by atoms with Crippen LogP contribution in [0.5, 0.6) is 0 Å². The van der Waals surface area contributed by atoms with Gasteiger partial charge in [-0.25, -0.2) is 0 Å². The van der Waals surface area contributed by atoms with Crippen LogP contribution in [-0.4, -0.2) is 74.9 Å². The fourth-order valence-electron chi connectivity index (χ4n) is 8.49. The van der Waals surface area contributed by atoms with Crippen molar-refractivity contribution < 1.29 is 42.6 Å². The summed E-state index contributed by atoms with van der Waals surface area (Å²) in [6.45, 7) is 1.88. The van der Waals surface area contributed by atoms with E-state index in [0.717, 1.165) is 33.4 Å². The molecule has 68 heavy (non-hydrogen) atoms. The van der Waals surface area contributed by atoms with E-state index in [9.17, 15) is 5.53 Å². The number of benzene rings is 6. The lowest BCUT2D eigenvalue weighted by molar-refractivity contribution is -0.309. The summed E-state index contributed by atoms with van der Waals surface area (Å²) < 4.78 is 60.1. The van der Waals surface area contributed by atoms with Gasteiger partial charge < -0.3 is 42.6 Å². The van der Waals surface area contributed by atoms with Crippen LogP contribution in [0.3, 0.4) is 0 Å². The zero-order valence-corrected chi connectivity index (χ0v) is 38.2. The summed E-state index contributed by atoms with van der Waals surface area (Å²) in [4.78, 5) is 3.34. The minimum absolute atomic E-state index is 0.164. The molecule has 0 aliphatic carbocycles. The Balaban J connectivity index is 1.13. The summed E-state index contributed by atoms with van der Waals surface area (Å²) in [5, 5.41) is 4.38. The molecule has 0 spiro atoms. The van der Waals surface area contributed by atoms with Gasteiger partial charge in [-0.2, -0.15) is 0 Å². The van der Waals surface area contributed by atoms with Crippen molar-refractivity contribution in [2.24, 2.45) is 5.11 Å². The number of azide groups is 1. The summed E-state index contributed by atoms with van der Waals surface area (Å²) in [7, 11) is 1.59. The van der Waals surface area contributed by atoms with E-state index >= 15 is 0 Å². The van der Waals surface area contributed by atoms with E-state index in [-0.39, 0.29) is 33.0 Å². The summed E-state index contributed by atoms with van der Waals surface area (Å²) in [6, 6.07) is 58.8. The van der Waals surface area contributed by atoms with E-state index in [1.54, 1.807) is 7.11 Å². The molecule has 2 heterocycles. The molecule has 8 rings (SSSR count). The molecule has 352 valence electrons. The van der Waals surface area contributed by atoms with E-state index in [4.69, 9.17) is 42.6 Å². The smallest absolute Gasteiger partial charge is 0.186 e. The number of methoxy groups -OCH3 is 1. The molecule has 12 heteroatoms. The first-order valence-electron chi connectivity index (χ1n) is 23.1. The summed E-state index contributed by atoms with van der Waals surface area (Å²) >= 11 is 0. The van der Waals surface area contributed by atoms with Crippen molar-refractivity contribution in [3.63, 3.8) is 0 Å². The van der Waals surface area contributed by atoms with Crippen molar-refractivity contribution in [3.8, 4) is 0 Å². The Morgan fingerprint density at radius 3 is 1.24 bits per heavy atom. The number of hydrogen-bond donors (Lipinski definition) is 0. The fourth-order valence-corrected chi connectivity index (χ4v) is 8.49. The second-order valence-corrected chi connectivity index (χ2v) is 16.7.